The number of aliphatic hydroxyl groups is 1. The number of ether oxygens (including phenoxy) is 1. The number of aliphatic hydroxyl groups excluding tert-OH is 1. The standard InChI is InChI=1S/C30H35N3O5/c1-6-15-32-23-12-9-8-11-22(23)30(29(32)37)25(27(35)28(36)33(30)17-10-16-31(4)5)26(34)21-13-14-24(20(3)19-21)38-18-7-2/h7-9,11-14,19,34H,2,6,10,15-18H2,1,3-5H3. The minimum absolute atomic E-state index is 0.187. The van der Waals surface area contributed by atoms with Gasteiger partial charge in [-0.15, -0.1) is 0 Å². The Hall–Kier alpha value is -3.91. The zero-order valence-electron chi connectivity index (χ0n) is 22.5. The number of aryl methyl sites for hydroxylation is 1. The second-order valence-corrected chi connectivity index (χ2v) is 9.93. The van der Waals surface area contributed by atoms with Crippen LogP contribution in [0.5, 0.6) is 5.75 Å². The van der Waals surface area contributed by atoms with E-state index in [0.29, 0.717) is 55.1 Å². The van der Waals surface area contributed by atoms with Crippen LogP contribution in [0, 0.1) is 6.92 Å². The van der Waals surface area contributed by atoms with Gasteiger partial charge < -0.3 is 24.5 Å². The third-order valence-corrected chi connectivity index (χ3v) is 7.05. The van der Waals surface area contributed by atoms with Gasteiger partial charge in [0.2, 0.25) is 0 Å². The number of ketones is 1. The molecule has 4 rings (SSSR count). The summed E-state index contributed by atoms with van der Waals surface area (Å²) >= 11 is 0. The van der Waals surface area contributed by atoms with Gasteiger partial charge >= 0.3 is 0 Å². The van der Waals surface area contributed by atoms with Gasteiger partial charge in [0.25, 0.3) is 17.6 Å². The number of benzene rings is 2. The molecule has 2 aliphatic heterocycles. The molecule has 1 fully saturated rings. The van der Waals surface area contributed by atoms with Gasteiger partial charge in [-0.3, -0.25) is 14.4 Å². The van der Waals surface area contributed by atoms with Crippen molar-refractivity contribution in [3.05, 3.63) is 77.4 Å². The van der Waals surface area contributed by atoms with E-state index in [1.165, 1.54) is 4.90 Å². The highest BCUT2D eigenvalue weighted by atomic mass is 16.5. The largest absolute Gasteiger partial charge is 0.507 e. The topological polar surface area (TPSA) is 90.4 Å². The van der Waals surface area contributed by atoms with Gasteiger partial charge in [0.15, 0.2) is 5.54 Å². The number of carbonyl (C=O) groups is 3. The lowest BCUT2D eigenvalue weighted by Crippen LogP contribution is -2.52. The lowest BCUT2D eigenvalue weighted by atomic mass is 9.81. The molecule has 200 valence electrons. The quantitative estimate of drug-likeness (QED) is 0.223. The number of hydrogen-bond acceptors (Lipinski definition) is 6. The van der Waals surface area contributed by atoms with Gasteiger partial charge in [0.05, 0.1) is 11.3 Å². The van der Waals surface area contributed by atoms with Crippen LogP contribution >= 0.6 is 0 Å². The van der Waals surface area contributed by atoms with Crippen molar-refractivity contribution in [3.8, 4) is 5.75 Å². The molecule has 0 bridgehead atoms. The lowest BCUT2D eigenvalue weighted by Gasteiger charge is -2.34. The Kier molecular flexibility index (Phi) is 7.73. The summed E-state index contributed by atoms with van der Waals surface area (Å²) in [5.41, 5.74) is 0.319. The molecule has 2 amide bonds. The molecule has 1 spiro atoms. The van der Waals surface area contributed by atoms with E-state index in [-0.39, 0.29) is 17.9 Å². The van der Waals surface area contributed by atoms with Crippen molar-refractivity contribution in [2.24, 2.45) is 0 Å². The highest BCUT2D eigenvalue weighted by Gasteiger charge is 2.66. The molecule has 1 saturated heterocycles. The molecule has 2 heterocycles. The van der Waals surface area contributed by atoms with Gasteiger partial charge in [-0.1, -0.05) is 37.8 Å². The number of hydrogen-bond donors (Lipinski definition) is 1. The fourth-order valence-corrected chi connectivity index (χ4v) is 5.41. The Morgan fingerprint density at radius 1 is 1.13 bits per heavy atom. The Bertz CT molecular complexity index is 1310. The molecule has 8 nitrogen and oxygen atoms in total. The normalized spacial score (nSPS) is 20.1. The maximum Gasteiger partial charge on any atom is 0.296 e. The first kappa shape index (κ1) is 27.1. The molecule has 1 N–H and O–H groups in total. The van der Waals surface area contributed by atoms with Gasteiger partial charge in [-0.05, 0) is 70.2 Å². The maximum atomic E-state index is 14.4. The number of carbonyl (C=O) groups excluding carboxylic acids is 3. The molecule has 0 saturated carbocycles. The number of para-hydroxylation sites is 1. The van der Waals surface area contributed by atoms with Crippen LogP contribution in [0.2, 0.25) is 0 Å². The van der Waals surface area contributed by atoms with Crippen LogP contribution in [0.25, 0.3) is 5.76 Å². The molecule has 0 radical (unpaired) electrons. The molecule has 0 aliphatic carbocycles. The van der Waals surface area contributed by atoms with Crippen LogP contribution in [-0.2, 0) is 19.9 Å². The van der Waals surface area contributed by atoms with Gasteiger partial charge in [-0.2, -0.15) is 0 Å². The molecule has 2 aromatic rings. The molecular weight excluding hydrogens is 482 g/mol. The highest BCUT2D eigenvalue weighted by Crippen LogP contribution is 2.53. The van der Waals surface area contributed by atoms with E-state index >= 15 is 0 Å². The zero-order chi connectivity index (χ0) is 27.6. The number of likely N-dealkylation sites (tertiary alicyclic amines) is 1. The second kappa shape index (κ2) is 10.8. The summed E-state index contributed by atoms with van der Waals surface area (Å²) in [5, 5.41) is 11.7. The predicted octanol–water partition coefficient (Wildman–Crippen LogP) is 3.84. The second-order valence-electron chi connectivity index (χ2n) is 9.93. The maximum absolute atomic E-state index is 14.4. The number of amides is 2. The van der Waals surface area contributed by atoms with Crippen LogP contribution in [0.3, 0.4) is 0 Å². The first-order valence-electron chi connectivity index (χ1n) is 12.9. The highest BCUT2D eigenvalue weighted by molar-refractivity contribution is 6.50. The molecule has 8 heteroatoms. The van der Waals surface area contributed by atoms with Crippen LogP contribution in [-0.4, -0.2) is 72.8 Å². The molecular formula is C30H35N3O5. The van der Waals surface area contributed by atoms with Gasteiger partial charge in [-0.25, -0.2) is 0 Å². The van der Waals surface area contributed by atoms with Crippen molar-refractivity contribution in [3.63, 3.8) is 0 Å². The van der Waals surface area contributed by atoms with E-state index < -0.39 is 23.1 Å². The van der Waals surface area contributed by atoms with Crippen LogP contribution in [0.4, 0.5) is 5.69 Å². The third-order valence-electron chi connectivity index (χ3n) is 7.05. The van der Waals surface area contributed by atoms with Crippen molar-refractivity contribution in [1.82, 2.24) is 9.80 Å². The molecule has 2 aromatic carbocycles. The zero-order valence-corrected chi connectivity index (χ0v) is 22.5. The summed E-state index contributed by atoms with van der Waals surface area (Å²) in [6, 6.07) is 12.2. The summed E-state index contributed by atoms with van der Waals surface area (Å²) in [5.74, 6) is -1.81. The van der Waals surface area contributed by atoms with E-state index in [2.05, 4.69) is 6.58 Å². The Labute approximate surface area is 223 Å². The fraction of sp³-hybridized carbons (Fsp3) is 0.367. The summed E-state index contributed by atoms with van der Waals surface area (Å²) in [6.45, 7) is 9.05. The Balaban J connectivity index is 1.95. The fourth-order valence-electron chi connectivity index (χ4n) is 5.41. The Morgan fingerprint density at radius 2 is 1.87 bits per heavy atom. The molecule has 0 aromatic heterocycles. The summed E-state index contributed by atoms with van der Waals surface area (Å²) in [6.07, 6.45) is 2.88. The van der Waals surface area contributed by atoms with Gasteiger partial charge in [0.1, 0.15) is 18.1 Å². The monoisotopic (exact) mass is 517 g/mol. The first-order chi connectivity index (χ1) is 18.2. The summed E-state index contributed by atoms with van der Waals surface area (Å²) in [7, 11) is 3.85. The van der Waals surface area contributed by atoms with E-state index in [9.17, 15) is 19.5 Å². The molecule has 1 atom stereocenters. The van der Waals surface area contributed by atoms with Crippen LogP contribution in [0.1, 0.15) is 36.5 Å². The molecule has 2 aliphatic rings. The van der Waals surface area contributed by atoms with E-state index in [1.54, 1.807) is 41.3 Å². The van der Waals surface area contributed by atoms with Crippen LogP contribution in [0.15, 0.2) is 60.7 Å². The Morgan fingerprint density at radius 3 is 2.53 bits per heavy atom. The number of rotatable bonds is 10. The molecule has 38 heavy (non-hydrogen) atoms. The predicted molar refractivity (Wildman–Crippen MR) is 147 cm³/mol. The summed E-state index contributed by atoms with van der Waals surface area (Å²) < 4.78 is 5.65. The van der Waals surface area contributed by atoms with E-state index in [0.717, 1.165) is 5.56 Å². The SMILES string of the molecule is C=CCOc1ccc(C(O)=C2C(=O)C(=O)N(CCCN(C)C)C23C(=O)N(CCC)c2ccccc23)cc1C. The smallest absolute Gasteiger partial charge is 0.296 e. The van der Waals surface area contributed by atoms with Crippen LogP contribution < -0.4 is 9.64 Å². The summed E-state index contributed by atoms with van der Waals surface area (Å²) in [4.78, 5) is 46.6. The molecule has 1 unspecified atom stereocenters. The number of Topliss-reactive ketones (excluding diaryl/α,β-unsaturated/α-hetero) is 1. The average molecular weight is 518 g/mol. The van der Waals surface area contributed by atoms with Crippen molar-refractivity contribution in [1.29, 1.82) is 0 Å². The minimum atomic E-state index is -1.73. The van der Waals surface area contributed by atoms with Crippen molar-refractivity contribution in [2.45, 2.75) is 32.2 Å². The minimum Gasteiger partial charge on any atom is -0.507 e. The number of anilines is 1. The van der Waals surface area contributed by atoms with Crippen molar-refractivity contribution in [2.75, 3.05) is 45.2 Å². The van der Waals surface area contributed by atoms with Crippen molar-refractivity contribution >= 4 is 29.0 Å². The third kappa shape index (κ3) is 4.28. The number of nitrogens with zero attached hydrogens (tertiary/aromatic N) is 3. The average Bonchev–Trinajstić information content (AvgIpc) is 3.26. The van der Waals surface area contributed by atoms with Crippen molar-refractivity contribution < 1.29 is 24.2 Å². The van der Waals surface area contributed by atoms with E-state index in [4.69, 9.17) is 4.74 Å². The lowest BCUT2D eigenvalue weighted by molar-refractivity contribution is -0.143. The number of fused-ring (bicyclic) bond motifs is 2. The van der Waals surface area contributed by atoms with Gasteiger partial charge in [0, 0.05) is 24.2 Å². The van der Waals surface area contributed by atoms with E-state index in [1.807, 2.05) is 45.0 Å². The first-order valence-corrected chi connectivity index (χ1v) is 12.9.